The topological polar surface area (TPSA) is 70.0 Å². The minimum atomic E-state index is -3.62. The third kappa shape index (κ3) is 3.05. The van der Waals surface area contributed by atoms with Crippen molar-refractivity contribution in [1.29, 1.82) is 5.26 Å². The summed E-state index contributed by atoms with van der Waals surface area (Å²) in [6.07, 6.45) is 0. The van der Waals surface area contributed by atoms with Crippen molar-refractivity contribution in [2.24, 2.45) is 0 Å². The van der Waals surface area contributed by atoms with E-state index in [1.807, 2.05) is 25.1 Å². The minimum absolute atomic E-state index is 0.269. The van der Waals surface area contributed by atoms with E-state index in [4.69, 9.17) is 5.26 Å². The highest BCUT2D eigenvalue weighted by atomic mass is 32.2. The number of hydrogen-bond donors (Lipinski definition) is 1. The molecule has 92 valence electrons. The molecule has 0 aliphatic rings. The van der Waals surface area contributed by atoms with E-state index in [9.17, 15) is 8.42 Å². The maximum absolute atomic E-state index is 12.1. The molecule has 0 radical (unpaired) electrons. The van der Waals surface area contributed by atoms with Gasteiger partial charge in [-0.05, 0) is 38.8 Å². The SMILES string of the molecule is Cc1cc(C)c(S(=O)(=O)NC(C)C#N)c(C)c1. The molecule has 5 heteroatoms. The zero-order valence-corrected chi connectivity index (χ0v) is 11.2. The predicted octanol–water partition coefficient (Wildman–Crippen LogP) is 1.80. The zero-order chi connectivity index (χ0) is 13.2. The van der Waals surface area contributed by atoms with Crippen molar-refractivity contribution < 1.29 is 8.42 Å². The summed E-state index contributed by atoms with van der Waals surface area (Å²) in [4.78, 5) is 0.269. The number of aryl methyl sites for hydroxylation is 3. The molecule has 0 aliphatic carbocycles. The van der Waals surface area contributed by atoms with E-state index in [1.54, 1.807) is 13.8 Å². The van der Waals surface area contributed by atoms with E-state index in [2.05, 4.69) is 4.72 Å². The summed E-state index contributed by atoms with van der Waals surface area (Å²) >= 11 is 0. The highest BCUT2D eigenvalue weighted by molar-refractivity contribution is 7.89. The molecule has 0 spiro atoms. The zero-order valence-electron chi connectivity index (χ0n) is 10.4. The molecule has 1 rings (SSSR count). The summed E-state index contributed by atoms with van der Waals surface area (Å²) in [5, 5.41) is 8.65. The van der Waals surface area contributed by atoms with E-state index in [-0.39, 0.29) is 4.90 Å². The first-order valence-electron chi connectivity index (χ1n) is 5.27. The van der Waals surface area contributed by atoms with Crippen LogP contribution in [-0.4, -0.2) is 14.5 Å². The van der Waals surface area contributed by atoms with E-state index in [1.165, 1.54) is 6.92 Å². The lowest BCUT2D eigenvalue weighted by Crippen LogP contribution is -2.32. The van der Waals surface area contributed by atoms with Gasteiger partial charge in [0, 0.05) is 0 Å². The predicted molar refractivity (Wildman–Crippen MR) is 66.0 cm³/mol. The van der Waals surface area contributed by atoms with Gasteiger partial charge in [-0.15, -0.1) is 0 Å². The molecule has 0 bridgehead atoms. The second-order valence-corrected chi connectivity index (χ2v) is 5.85. The molecule has 0 aliphatic heterocycles. The monoisotopic (exact) mass is 252 g/mol. The van der Waals surface area contributed by atoms with Gasteiger partial charge in [0.05, 0.1) is 11.0 Å². The van der Waals surface area contributed by atoms with Crippen molar-refractivity contribution in [3.8, 4) is 6.07 Å². The number of rotatable bonds is 3. The molecule has 1 unspecified atom stereocenters. The van der Waals surface area contributed by atoms with Crippen LogP contribution in [0.4, 0.5) is 0 Å². The summed E-state index contributed by atoms with van der Waals surface area (Å²) in [7, 11) is -3.62. The molecule has 1 aromatic carbocycles. The second kappa shape index (κ2) is 4.86. The van der Waals surface area contributed by atoms with Crippen LogP contribution < -0.4 is 4.72 Å². The molecule has 17 heavy (non-hydrogen) atoms. The Morgan fingerprint density at radius 1 is 1.24 bits per heavy atom. The first-order chi connectivity index (χ1) is 7.77. The van der Waals surface area contributed by atoms with Crippen molar-refractivity contribution in [3.63, 3.8) is 0 Å². The molecule has 4 nitrogen and oxygen atoms in total. The van der Waals surface area contributed by atoms with Crippen LogP contribution in [0.3, 0.4) is 0 Å². The van der Waals surface area contributed by atoms with Gasteiger partial charge in [-0.25, -0.2) is 8.42 Å². The van der Waals surface area contributed by atoms with Crippen LogP contribution in [0.2, 0.25) is 0 Å². The fraction of sp³-hybridized carbons (Fsp3) is 0.417. The van der Waals surface area contributed by atoms with Crippen LogP contribution in [0, 0.1) is 32.1 Å². The van der Waals surface area contributed by atoms with Crippen LogP contribution in [0.5, 0.6) is 0 Å². The van der Waals surface area contributed by atoms with Gasteiger partial charge in [0.25, 0.3) is 0 Å². The quantitative estimate of drug-likeness (QED) is 0.891. The Morgan fingerprint density at radius 2 is 1.71 bits per heavy atom. The lowest BCUT2D eigenvalue weighted by molar-refractivity contribution is 0.576. The maximum Gasteiger partial charge on any atom is 0.242 e. The van der Waals surface area contributed by atoms with Gasteiger partial charge in [0.2, 0.25) is 10.0 Å². The molecule has 1 N–H and O–H groups in total. The number of nitrogens with one attached hydrogen (secondary N) is 1. The lowest BCUT2D eigenvalue weighted by atomic mass is 10.1. The van der Waals surface area contributed by atoms with E-state index >= 15 is 0 Å². The van der Waals surface area contributed by atoms with Crippen molar-refractivity contribution in [3.05, 3.63) is 28.8 Å². The van der Waals surface area contributed by atoms with Crippen molar-refractivity contribution in [1.82, 2.24) is 4.72 Å². The van der Waals surface area contributed by atoms with Gasteiger partial charge in [-0.3, -0.25) is 0 Å². The van der Waals surface area contributed by atoms with Crippen LogP contribution in [0.25, 0.3) is 0 Å². The smallest absolute Gasteiger partial charge is 0.207 e. The normalized spacial score (nSPS) is 13.1. The highest BCUT2D eigenvalue weighted by Gasteiger charge is 2.21. The molecule has 0 saturated carbocycles. The lowest BCUT2D eigenvalue weighted by Gasteiger charge is -2.13. The average Bonchev–Trinajstić information content (AvgIpc) is 2.14. The summed E-state index contributed by atoms with van der Waals surface area (Å²) in [5.41, 5.74) is 2.41. The standard InChI is InChI=1S/C12H16N2O2S/c1-8-5-9(2)12(10(3)6-8)17(15,16)14-11(4)7-13/h5-6,11,14H,1-4H3. The molecule has 0 saturated heterocycles. The fourth-order valence-electron chi connectivity index (χ4n) is 1.91. The number of nitrogens with zero attached hydrogens (tertiary/aromatic N) is 1. The van der Waals surface area contributed by atoms with Gasteiger partial charge < -0.3 is 0 Å². The summed E-state index contributed by atoms with van der Waals surface area (Å²) < 4.78 is 26.5. The molecular weight excluding hydrogens is 236 g/mol. The minimum Gasteiger partial charge on any atom is -0.207 e. The number of benzene rings is 1. The summed E-state index contributed by atoms with van der Waals surface area (Å²) in [6, 6.07) is 4.75. The van der Waals surface area contributed by atoms with Crippen LogP contribution in [-0.2, 0) is 10.0 Å². The van der Waals surface area contributed by atoms with Crippen LogP contribution in [0.1, 0.15) is 23.6 Å². The van der Waals surface area contributed by atoms with Gasteiger partial charge in [0.15, 0.2) is 0 Å². The highest BCUT2D eigenvalue weighted by Crippen LogP contribution is 2.21. The summed E-state index contributed by atoms with van der Waals surface area (Å²) in [5.74, 6) is 0. The van der Waals surface area contributed by atoms with Crippen molar-refractivity contribution >= 4 is 10.0 Å². The molecule has 0 fully saturated rings. The number of hydrogen-bond acceptors (Lipinski definition) is 3. The van der Waals surface area contributed by atoms with Gasteiger partial charge >= 0.3 is 0 Å². The molecule has 0 heterocycles. The van der Waals surface area contributed by atoms with Crippen LogP contribution >= 0.6 is 0 Å². The third-order valence-corrected chi connectivity index (χ3v) is 4.24. The number of nitriles is 1. The molecule has 1 atom stereocenters. The molecule has 1 aromatic rings. The second-order valence-electron chi connectivity index (χ2n) is 4.20. The molecule has 0 amide bonds. The first-order valence-corrected chi connectivity index (χ1v) is 6.76. The number of sulfonamides is 1. The van der Waals surface area contributed by atoms with E-state index in [0.29, 0.717) is 11.1 Å². The van der Waals surface area contributed by atoms with E-state index in [0.717, 1.165) is 5.56 Å². The Labute approximate surface area is 102 Å². The molecular formula is C12H16N2O2S. The average molecular weight is 252 g/mol. The van der Waals surface area contributed by atoms with E-state index < -0.39 is 16.1 Å². The van der Waals surface area contributed by atoms with Gasteiger partial charge in [-0.1, -0.05) is 17.7 Å². The van der Waals surface area contributed by atoms with Gasteiger partial charge in [0.1, 0.15) is 6.04 Å². The Bertz CT molecular complexity index is 548. The fourth-order valence-corrected chi connectivity index (χ4v) is 3.51. The van der Waals surface area contributed by atoms with Crippen LogP contribution in [0.15, 0.2) is 17.0 Å². The summed E-state index contributed by atoms with van der Waals surface area (Å²) in [6.45, 7) is 6.94. The molecule has 0 aromatic heterocycles. The Hall–Kier alpha value is -1.38. The largest absolute Gasteiger partial charge is 0.242 e. The first kappa shape index (κ1) is 13.7. The van der Waals surface area contributed by atoms with Gasteiger partial charge in [-0.2, -0.15) is 9.98 Å². The third-order valence-electron chi connectivity index (χ3n) is 2.40. The Morgan fingerprint density at radius 3 is 2.12 bits per heavy atom. The Kier molecular flexibility index (Phi) is 3.91. The maximum atomic E-state index is 12.1. The Balaban J connectivity index is 3.31. The van der Waals surface area contributed by atoms with Crippen molar-refractivity contribution in [2.45, 2.75) is 38.6 Å². The van der Waals surface area contributed by atoms with Crippen molar-refractivity contribution in [2.75, 3.05) is 0 Å².